The molecule has 1 rings (SSSR count). The lowest BCUT2D eigenvalue weighted by Gasteiger charge is -2.18. The zero-order chi connectivity index (χ0) is 7.40. The fourth-order valence-corrected chi connectivity index (χ4v) is 1.15. The van der Waals surface area contributed by atoms with E-state index in [0.717, 1.165) is 13.2 Å². The van der Waals surface area contributed by atoms with Gasteiger partial charge in [-0.05, 0) is 13.3 Å². The van der Waals surface area contributed by atoms with Crippen molar-refractivity contribution in [1.82, 2.24) is 9.80 Å². The number of hydrogen-bond acceptors (Lipinski definition) is 2. The fraction of sp³-hybridized carbons (Fsp3) is 0.750. The monoisotopic (exact) mass is 140 g/mol. The maximum absolute atomic E-state index is 2.34. The normalized spacial score (nSPS) is 17.0. The van der Waals surface area contributed by atoms with Gasteiger partial charge in [0.25, 0.3) is 0 Å². The highest BCUT2D eigenvalue weighted by atomic mass is 15.3. The van der Waals surface area contributed by atoms with E-state index in [9.17, 15) is 0 Å². The van der Waals surface area contributed by atoms with Crippen molar-refractivity contribution in [1.29, 1.82) is 0 Å². The zero-order valence-electron chi connectivity index (χ0n) is 6.88. The topological polar surface area (TPSA) is 6.48 Å². The molecule has 0 N–H and O–H groups in total. The first-order valence-electron chi connectivity index (χ1n) is 4.03. The van der Waals surface area contributed by atoms with Gasteiger partial charge in [0.1, 0.15) is 0 Å². The molecule has 0 spiro atoms. The lowest BCUT2D eigenvalue weighted by atomic mass is 10.4. The lowest BCUT2D eigenvalue weighted by Crippen LogP contribution is -2.25. The van der Waals surface area contributed by atoms with E-state index >= 15 is 0 Å². The van der Waals surface area contributed by atoms with Gasteiger partial charge < -0.3 is 9.80 Å². The Morgan fingerprint density at radius 1 is 1.20 bits per heavy atom. The van der Waals surface area contributed by atoms with Crippen LogP contribution in [0.15, 0.2) is 12.4 Å². The summed E-state index contributed by atoms with van der Waals surface area (Å²) in [6.45, 7) is 7.79. The van der Waals surface area contributed by atoms with Crippen LogP contribution in [0.5, 0.6) is 0 Å². The molecule has 2 heteroatoms. The Morgan fingerprint density at radius 3 is 2.40 bits per heavy atom. The van der Waals surface area contributed by atoms with Gasteiger partial charge in [0.2, 0.25) is 0 Å². The van der Waals surface area contributed by atoms with Gasteiger partial charge in [0, 0.05) is 25.5 Å². The van der Waals surface area contributed by atoms with Crippen LogP contribution in [-0.2, 0) is 0 Å². The van der Waals surface area contributed by atoms with Crippen LogP contribution < -0.4 is 0 Å². The summed E-state index contributed by atoms with van der Waals surface area (Å²) in [5, 5.41) is 0. The second kappa shape index (κ2) is 3.49. The van der Waals surface area contributed by atoms with Crippen LogP contribution in [-0.4, -0.2) is 29.6 Å². The van der Waals surface area contributed by atoms with Gasteiger partial charge in [-0.1, -0.05) is 6.92 Å². The average molecular weight is 140 g/mol. The van der Waals surface area contributed by atoms with E-state index in [1.165, 1.54) is 13.0 Å². The first kappa shape index (κ1) is 7.45. The quantitative estimate of drug-likeness (QED) is 0.585. The van der Waals surface area contributed by atoms with E-state index in [2.05, 4.69) is 36.0 Å². The Morgan fingerprint density at radius 2 is 1.90 bits per heavy atom. The maximum Gasteiger partial charge on any atom is 0.0893 e. The molecular weight excluding hydrogens is 124 g/mol. The van der Waals surface area contributed by atoms with Crippen LogP contribution in [0, 0.1) is 0 Å². The van der Waals surface area contributed by atoms with Crippen molar-refractivity contribution >= 4 is 0 Å². The van der Waals surface area contributed by atoms with Crippen LogP contribution >= 0.6 is 0 Å². The molecule has 0 aliphatic carbocycles. The third-order valence-corrected chi connectivity index (χ3v) is 1.77. The van der Waals surface area contributed by atoms with E-state index in [1.54, 1.807) is 0 Å². The van der Waals surface area contributed by atoms with Crippen LogP contribution in [0.2, 0.25) is 0 Å². The summed E-state index contributed by atoms with van der Waals surface area (Å²) in [5.74, 6) is 0. The van der Waals surface area contributed by atoms with Gasteiger partial charge in [0.15, 0.2) is 0 Å². The van der Waals surface area contributed by atoms with Crippen molar-refractivity contribution < 1.29 is 0 Å². The predicted molar refractivity (Wildman–Crippen MR) is 43.4 cm³/mol. The number of nitrogens with zero attached hydrogens (tertiary/aromatic N) is 2. The van der Waals surface area contributed by atoms with Crippen molar-refractivity contribution in [3.8, 4) is 0 Å². The van der Waals surface area contributed by atoms with Crippen LogP contribution in [0.25, 0.3) is 0 Å². The molecule has 2 nitrogen and oxygen atoms in total. The largest absolute Gasteiger partial charge is 0.359 e. The molecule has 58 valence electrons. The summed E-state index contributed by atoms with van der Waals surface area (Å²) in [5.41, 5.74) is 0. The second-order valence-electron chi connectivity index (χ2n) is 2.66. The molecule has 0 aromatic carbocycles. The predicted octanol–water partition coefficient (Wildman–Crippen LogP) is 1.46. The zero-order valence-corrected chi connectivity index (χ0v) is 6.88. The van der Waals surface area contributed by atoms with Crippen molar-refractivity contribution in [2.24, 2.45) is 0 Å². The minimum atomic E-state index is 1.09. The highest BCUT2D eigenvalue weighted by molar-refractivity contribution is 4.89. The Labute approximate surface area is 63.1 Å². The van der Waals surface area contributed by atoms with E-state index in [4.69, 9.17) is 0 Å². The summed E-state index contributed by atoms with van der Waals surface area (Å²) < 4.78 is 0. The highest BCUT2D eigenvalue weighted by Gasteiger charge is 2.07. The van der Waals surface area contributed by atoms with Crippen molar-refractivity contribution in [3.63, 3.8) is 0 Å². The lowest BCUT2D eigenvalue weighted by molar-refractivity contribution is 0.273. The summed E-state index contributed by atoms with van der Waals surface area (Å²) >= 11 is 0. The molecule has 1 heterocycles. The van der Waals surface area contributed by atoms with Gasteiger partial charge in [-0.3, -0.25) is 0 Å². The summed E-state index contributed by atoms with van der Waals surface area (Å²) in [4.78, 5) is 4.64. The minimum absolute atomic E-state index is 1.09. The smallest absolute Gasteiger partial charge is 0.0893 e. The van der Waals surface area contributed by atoms with Crippen LogP contribution in [0.3, 0.4) is 0 Å². The molecule has 0 fully saturated rings. The first-order valence-corrected chi connectivity index (χ1v) is 4.03. The van der Waals surface area contributed by atoms with Gasteiger partial charge in [-0.15, -0.1) is 0 Å². The van der Waals surface area contributed by atoms with Crippen LogP contribution in [0.1, 0.15) is 20.3 Å². The molecule has 0 saturated heterocycles. The van der Waals surface area contributed by atoms with Gasteiger partial charge in [0.05, 0.1) is 6.67 Å². The Balaban J connectivity index is 2.24. The van der Waals surface area contributed by atoms with E-state index in [-0.39, 0.29) is 0 Å². The number of hydrogen-bond donors (Lipinski definition) is 0. The molecular formula is C8H16N2. The SMILES string of the molecule is CCCN1C=CN(CC)C1. The molecule has 1 aliphatic heterocycles. The van der Waals surface area contributed by atoms with Gasteiger partial charge in [-0.25, -0.2) is 0 Å². The molecule has 0 unspecified atom stereocenters. The molecule has 0 saturated carbocycles. The third-order valence-electron chi connectivity index (χ3n) is 1.77. The summed E-state index contributed by atoms with van der Waals surface area (Å²) in [6.07, 6.45) is 5.57. The average Bonchev–Trinajstić information content (AvgIpc) is 2.37. The molecule has 0 aromatic rings. The fourth-order valence-electron chi connectivity index (χ4n) is 1.15. The Kier molecular flexibility index (Phi) is 2.60. The van der Waals surface area contributed by atoms with Crippen LogP contribution in [0.4, 0.5) is 0 Å². The third kappa shape index (κ3) is 1.66. The van der Waals surface area contributed by atoms with Crippen molar-refractivity contribution in [2.45, 2.75) is 20.3 Å². The van der Waals surface area contributed by atoms with Gasteiger partial charge in [-0.2, -0.15) is 0 Å². The molecule has 0 radical (unpaired) electrons. The minimum Gasteiger partial charge on any atom is -0.359 e. The van der Waals surface area contributed by atoms with Crippen molar-refractivity contribution in [3.05, 3.63) is 12.4 Å². The Bertz CT molecular complexity index is 120. The molecule has 0 bridgehead atoms. The highest BCUT2D eigenvalue weighted by Crippen LogP contribution is 2.05. The van der Waals surface area contributed by atoms with Gasteiger partial charge >= 0.3 is 0 Å². The molecule has 0 atom stereocenters. The Hall–Kier alpha value is -0.660. The van der Waals surface area contributed by atoms with E-state index in [0.29, 0.717) is 0 Å². The molecule has 10 heavy (non-hydrogen) atoms. The molecule has 1 aliphatic rings. The van der Waals surface area contributed by atoms with E-state index < -0.39 is 0 Å². The second-order valence-corrected chi connectivity index (χ2v) is 2.66. The van der Waals surface area contributed by atoms with Crippen molar-refractivity contribution in [2.75, 3.05) is 19.8 Å². The molecule has 0 aromatic heterocycles. The maximum atomic E-state index is 2.34. The standard InChI is InChI=1S/C8H16N2/c1-3-5-10-7-6-9(4-2)8-10/h6-7H,3-5,8H2,1-2H3. The first-order chi connectivity index (χ1) is 4.86. The summed E-state index contributed by atoms with van der Waals surface area (Å²) in [6, 6.07) is 0. The number of rotatable bonds is 3. The molecule has 0 amide bonds. The summed E-state index contributed by atoms with van der Waals surface area (Å²) in [7, 11) is 0. The van der Waals surface area contributed by atoms with E-state index in [1.807, 2.05) is 0 Å².